The smallest absolute Gasteiger partial charge is 0.0485 e. The third kappa shape index (κ3) is 7.90. The van der Waals surface area contributed by atoms with Crippen molar-refractivity contribution < 1.29 is 0 Å². The third-order valence-electron chi connectivity index (χ3n) is 12.1. The van der Waals surface area contributed by atoms with Gasteiger partial charge in [0.15, 0.2) is 0 Å². The number of para-hydroxylation sites is 6. The van der Waals surface area contributed by atoms with Gasteiger partial charge in [-0.2, -0.15) is 0 Å². The first-order chi connectivity index (χ1) is 32.2. The summed E-state index contributed by atoms with van der Waals surface area (Å²) in [6.45, 7) is 0. The SMILES string of the molecule is c1ccc(C2c3cc(N(c4ccccc4)c4ccccc4)cc(c3)N(c3ccccc3)c3cccc(c3)N(c3ccccc3)c3cc2cc(N(c2ccccc2)c2ccccc2)c3)cc1. The summed E-state index contributed by atoms with van der Waals surface area (Å²) >= 11 is 0. The molecule has 11 rings (SSSR count). The molecule has 0 aliphatic carbocycles. The maximum Gasteiger partial charge on any atom is 0.0485 e. The average molecular weight is 835 g/mol. The van der Waals surface area contributed by atoms with Gasteiger partial charge in [-0.3, -0.25) is 0 Å². The van der Waals surface area contributed by atoms with Gasteiger partial charge >= 0.3 is 0 Å². The second-order valence-electron chi connectivity index (χ2n) is 16.3. The first-order valence-electron chi connectivity index (χ1n) is 22.2. The molecule has 0 N–H and O–H groups in total. The van der Waals surface area contributed by atoms with E-state index in [-0.39, 0.29) is 5.92 Å². The van der Waals surface area contributed by atoms with Gasteiger partial charge in [0.25, 0.3) is 0 Å². The van der Waals surface area contributed by atoms with Gasteiger partial charge in [-0.25, -0.2) is 0 Å². The molecule has 0 atom stereocenters. The van der Waals surface area contributed by atoms with Gasteiger partial charge in [-0.05, 0) is 144 Å². The van der Waals surface area contributed by atoms with E-state index in [0.29, 0.717) is 0 Å². The van der Waals surface area contributed by atoms with Crippen molar-refractivity contribution in [3.05, 3.63) is 290 Å². The molecule has 65 heavy (non-hydrogen) atoms. The zero-order valence-electron chi connectivity index (χ0n) is 35.8. The molecule has 0 saturated heterocycles. The first-order valence-corrected chi connectivity index (χ1v) is 22.2. The molecule has 1 aliphatic rings. The Balaban J connectivity index is 1.27. The highest BCUT2D eigenvalue weighted by Gasteiger charge is 2.28. The van der Waals surface area contributed by atoms with Crippen molar-refractivity contribution in [2.45, 2.75) is 5.92 Å². The zero-order chi connectivity index (χ0) is 43.4. The summed E-state index contributed by atoms with van der Waals surface area (Å²) in [7, 11) is 0. The van der Waals surface area contributed by atoms with Crippen LogP contribution in [0.5, 0.6) is 0 Å². The van der Waals surface area contributed by atoms with Gasteiger partial charge in [0.2, 0.25) is 0 Å². The molecule has 6 bridgehead atoms. The molecule has 0 aromatic heterocycles. The van der Waals surface area contributed by atoms with Crippen molar-refractivity contribution >= 4 is 68.2 Å². The summed E-state index contributed by atoms with van der Waals surface area (Å²) in [5.74, 6) is -0.177. The molecule has 0 unspecified atom stereocenters. The molecule has 10 aromatic carbocycles. The maximum absolute atomic E-state index is 2.41. The van der Waals surface area contributed by atoms with Crippen LogP contribution in [0.4, 0.5) is 68.2 Å². The van der Waals surface area contributed by atoms with E-state index >= 15 is 0 Å². The van der Waals surface area contributed by atoms with E-state index in [0.717, 1.165) is 68.2 Å². The first kappa shape index (κ1) is 39.3. The molecule has 1 aliphatic heterocycles. The number of rotatable bonds is 9. The minimum Gasteiger partial charge on any atom is -0.310 e. The fraction of sp³-hybridized carbons (Fsp3) is 0.0164. The van der Waals surface area contributed by atoms with Crippen LogP contribution in [0, 0.1) is 0 Å². The fourth-order valence-electron chi connectivity index (χ4n) is 9.33. The Labute approximate surface area is 381 Å². The monoisotopic (exact) mass is 834 g/mol. The summed E-state index contributed by atoms with van der Waals surface area (Å²) in [6.07, 6.45) is 0. The number of benzene rings is 10. The third-order valence-corrected chi connectivity index (χ3v) is 12.1. The number of hydrogen-bond donors (Lipinski definition) is 0. The normalized spacial score (nSPS) is 12.2. The van der Waals surface area contributed by atoms with Gasteiger partial charge < -0.3 is 19.6 Å². The van der Waals surface area contributed by atoms with Crippen molar-refractivity contribution in [3.63, 3.8) is 0 Å². The van der Waals surface area contributed by atoms with Gasteiger partial charge in [0.05, 0.1) is 0 Å². The highest BCUT2D eigenvalue weighted by molar-refractivity contribution is 5.89. The Bertz CT molecular complexity index is 2870. The van der Waals surface area contributed by atoms with Crippen LogP contribution >= 0.6 is 0 Å². The van der Waals surface area contributed by atoms with Gasteiger partial charge in [-0.1, -0.05) is 146 Å². The van der Waals surface area contributed by atoms with Crippen LogP contribution in [-0.4, -0.2) is 0 Å². The molecule has 310 valence electrons. The Morgan fingerprint density at radius 1 is 0.215 bits per heavy atom. The van der Waals surface area contributed by atoms with Crippen molar-refractivity contribution in [2.24, 2.45) is 0 Å². The van der Waals surface area contributed by atoms with Crippen LogP contribution in [0.2, 0.25) is 0 Å². The number of fused-ring (bicyclic) bond motifs is 6. The summed E-state index contributed by atoms with van der Waals surface area (Å²) in [6, 6.07) is 98.6. The molecular formula is C61H46N4. The van der Waals surface area contributed by atoms with E-state index in [1.807, 2.05) is 0 Å². The van der Waals surface area contributed by atoms with E-state index < -0.39 is 0 Å². The number of anilines is 12. The molecule has 4 nitrogen and oxygen atoms in total. The van der Waals surface area contributed by atoms with Crippen molar-refractivity contribution in [3.8, 4) is 0 Å². The molecule has 4 heteroatoms. The van der Waals surface area contributed by atoms with Crippen LogP contribution < -0.4 is 19.6 Å². The van der Waals surface area contributed by atoms with Gasteiger partial charge in [-0.15, -0.1) is 0 Å². The van der Waals surface area contributed by atoms with E-state index in [2.05, 4.69) is 293 Å². The largest absolute Gasteiger partial charge is 0.310 e. The van der Waals surface area contributed by atoms with E-state index in [1.165, 1.54) is 16.7 Å². The topological polar surface area (TPSA) is 13.0 Å². The second-order valence-corrected chi connectivity index (χ2v) is 16.3. The lowest BCUT2D eigenvalue weighted by Crippen LogP contribution is -2.18. The highest BCUT2D eigenvalue weighted by Crippen LogP contribution is 2.49. The minimum absolute atomic E-state index is 0.177. The molecule has 0 spiro atoms. The second kappa shape index (κ2) is 17.6. The molecule has 0 saturated carbocycles. The van der Waals surface area contributed by atoms with E-state index in [1.54, 1.807) is 0 Å². The van der Waals surface area contributed by atoms with E-state index in [4.69, 9.17) is 0 Å². The van der Waals surface area contributed by atoms with Crippen molar-refractivity contribution in [1.29, 1.82) is 0 Å². The number of hydrogen-bond acceptors (Lipinski definition) is 4. The molecule has 10 aromatic rings. The summed E-state index contributed by atoms with van der Waals surface area (Å²) in [4.78, 5) is 9.58. The van der Waals surface area contributed by atoms with Crippen molar-refractivity contribution in [2.75, 3.05) is 19.6 Å². The molecule has 0 fully saturated rings. The lowest BCUT2D eigenvalue weighted by Gasteiger charge is -2.34. The average Bonchev–Trinajstić information content (AvgIpc) is 3.37. The molecule has 1 heterocycles. The predicted octanol–water partition coefficient (Wildman–Crippen LogP) is 17.1. The maximum atomic E-state index is 2.41. The van der Waals surface area contributed by atoms with Crippen LogP contribution in [-0.2, 0) is 0 Å². The Kier molecular flexibility index (Phi) is 10.7. The number of nitrogens with zero attached hydrogens (tertiary/aromatic N) is 4. The molecule has 0 radical (unpaired) electrons. The lowest BCUT2D eigenvalue weighted by molar-refractivity contribution is 0.972. The van der Waals surface area contributed by atoms with Gasteiger partial charge in [0.1, 0.15) is 0 Å². The zero-order valence-corrected chi connectivity index (χ0v) is 35.8. The van der Waals surface area contributed by atoms with Crippen molar-refractivity contribution in [1.82, 2.24) is 0 Å². The van der Waals surface area contributed by atoms with Gasteiger partial charge in [0, 0.05) is 74.2 Å². The van der Waals surface area contributed by atoms with Crippen LogP contribution in [0.3, 0.4) is 0 Å². The predicted molar refractivity (Wildman–Crippen MR) is 273 cm³/mol. The molecular weight excluding hydrogens is 789 g/mol. The molecule has 0 amide bonds. The summed E-state index contributed by atoms with van der Waals surface area (Å²) < 4.78 is 0. The fourth-order valence-corrected chi connectivity index (χ4v) is 9.33. The summed E-state index contributed by atoms with van der Waals surface area (Å²) in [5, 5.41) is 0. The van der Waals surface area contributed by atoms with Crippen LogP contribution in [0.1, 0.15) is 22.6 Å². The Morgan fingerprint density at radius 2 is 0.523 bits per heavy atom. The summed E-state index contributed by atoms with van der Waals surface area (Å²) in [5.41, 5.74) is 16.3. The Morgan fingerprint density at radius 3 is 0.877 bits per heavy atom. The van der Waals surface area contributed by atoms with E-state index in [9.17, 15) is 0 Å². The Hall–Kier alpha value is -8.60. The highest BCUT2D eigenvalue weighted by atomic mass is 15.2. The minimum atomic E-state index is -0.177. The van der Waals surface area contributed by atoms with Crippen LogP contribution in [0.25, 0.3) is 0 Å². The lowest BCUT2D eigenvalue weighted by atomic mass is 9.83. The standard InChI is InChI=1S/C61H46N4/c1-8-23-46(24-9-1)61-47-39-57(62(49-25-10-2-11-26-49)50-27-12-3-13-28-50)44-59(41-47)64(53-33-18-6-19-34-53)55-37-22-38-56(43-55)65(54-35-20-7-21-36-54)60-42-48(61)40-58(45-60)63(51-29-14-4-15-30-51)52-31-16-5-17-32-52/h1-45,61H. The van der Waals surface area contributed by atoms with Crippen LogP contribution in [0.15, 0.2) is 273 Å². The quantitative estimate of drug-likeness (QED) is 0.144.